The maximum atomic E-state index is 12.0. The summed E-state index contributed by atoms with van der Waals surface area (Å²) < 4.78 is 10.5. The van der Waals surface area contributed by atoms with Crippen molar-refractivity contribution >= 4 is 6.03 Å². The smallest absolute Gasteiger partial charge is 0.315 e. The number of piperidine rings is 1. The van der Waals surface area contributed by atoms with Crippen molar-refractivity contribution in [2.24, 2.45) is 5.92 Å². The third-order valence-electron chi connectivity index (χ3n) is 4.83. The quantitative estimate of drug-likeness (QED) is 0.799. The van der Waals surface area contributed by atoms with E-state index < -0.39 is 0 Å². The molecule has 0 atom stereocenters. The number of ether oxygens (including phenoxy) is 1. The molecule has 0 bridgehead atoms. The van der Waals surface area contributed by atoms with Crippen LogP contribution in [0.25, 0.3) is 0 Å². The fraction of sp³-hybridized carbons (Fsp3) is 0.450. The Morgan fingerprint density at radius 1 is 1.19 bits per heavy atom. The zero-order chi connectivity index (χ0) is 18.2. The van der Waals surface area contributed by atoms with Gasteiger partial charge in [0.05, 0.1) is 19.9 Å². The molecular formula is C20H27N3O3. The highest BCUT2D eigenvalue weighted by Crippen LogP contribution is 2.18. The van der Waals surface area contributed by atoms with Crippen LogP contribution >= 0.6 is 0 Å². The Morgan fingerprint density at radius 2 is 1.96 bits per heavy atom. The molecule has 1 aromatic heterocycles. The van der Waals surface area contributed by atoms with Crippen LogP contribution < -0.4 is 15.4 Å². The van der Waals surface area contributed by atoms with Crippen molar-refractivity contribution in [1.29, 1.82) is 0 Å². The summed E-state index contributed by atoms with van der Waals surface area (Å²) in [5.74, 6) is 2.37. The summed E-state index contributed by atoms with van der Waals surface area (Å²) >= 11 is 0. The molecule has 1 aliphatic rings. The molecule has 0 spiro atoms. The Balaban J connectivity index is 1.31. The van der Waals surface area contributed by atoms with E-state index in [-0.39, 0.29) is 6.03 Å². The lowest BCUT2D eigenvalue weighted by Crippen LogP contribution is -2.41. The molecule has 0 saturated carbocycles. The van der Waals surface area contributed by atoms with Gasteiger partial charge >= 0.3 is 6.03 Å². The zero-order valence-electron chi connectivity index (χ0n) is 15.2. The van der Waals surface area contributed by atoms with E-state index in [1.807, 2.05) is 36.4 Å². The van der Waals surface area contributed by atoms with Crippen molar-refractivity contribution in [2.75, 3.05) is 26.7 Å². The molecule has 1 aliphatic heterocycles. The van der Waals surface area contributed by atoms with Crippen molar-refractivity contribution in [3.63, 3.8) is 0 Å². The first kappa shape index (κ1) is 18.3. The zero-order valence-corrected chi connectivity index (χ0v) is 15.2. The second kappa shape index (κ2) is 9.29. The van der Waals surface area contributed by atoms with Gasteiger partial charge < -0.3 is 19.8 Å². The summed E-state index contributed by atoms with van der Waals surface area (Å²) in [5, 5.41) is 5.89. The first-order valence-corrected chi connectivity index (χ1v) is 9.12. The SMILES string of the molecule is COc1ccc(CNC(=O)NCC2CCN(Cc3ccco3)CC2)cc1. The van der Waals surface area contributed by atoms with Gasteiger partial charge in [-0.05, 0) is 61.7 Å². The Kier molecular flexibility index (Phi) is 6.55. The minimum absolute atomic E-state index is 0.112. The molecule has 140 valence electrons. The lowest BCUT2D eigenvalue weighted by Gasteiger charge is -2.31. The lowest BCUT2D eigenvalue weighted by atomic mass is 9.97. The number of benzene rings is 1. The molecule has 0 radical (unpaired) electrons. The summed E-state index contributed by atoms with van der Waals surface area (Å²) in [5.41, 5.74) is 1.05. The first-order chi connectivity index (χ1) is 12.7. The molecule has 2 N–H and O–H groups in total. The van der Waals surface area contributed by atoms with E-state index in [0.29, 0.717) is 12.5 Å². The van der Waals surface area contributed by atoms with Crippen molar-refractivity contribution in [3.8, 4) is 5.75 Å². The van der Waals surface area contributed by atoms with E-state index in [0.717, 1.165) is 56.1 Å². The predicted molar refractivity (Wildman–Crippen MR) is 99.9 cm³/mol. The van der Waals surface area contributed by atoms with Crippen LogP contribution in [0.15, 0.2) is 47.1 Å². The number of nitrogens with zero attached hydrogens (tertiary/aromatic N) is 1. The van der Waals surface area contributed by atoms with Crippen LogP contribution in [0.1, 0.15) is 24.2 Å². The molecule has 1 saturated heterocycles. The fourth-order valence-corrected chi connectivity index (χ4v) is 3.20. The molecule has 1 fully saturated rings. The number of hydrogen-bond acceptors (Lipinski definition) is 4. The number of amides is 2. The van der Waals surface area contributed by atoms with Gasteiger partial charge in [0.2, 0.25) is 0 Å². The van der Waals surface area contributed by atoms with Crippen LogP contribution in [0.4, 0.5) is 4.79 Å². The third-order valence-corrected chi connectivity index (χ3v) is 4.83. The fourth-order valence-electron chi connectivity index (χ4n) is 3.20. The molecule has 2 heterocycles. The standard InChI is InChI=1S/C20H27N3O3/c1-25-18-6-4-16(5-7-18)13-21-20(24)22-14-17-8-10-23(11-9-17)15-19-3-2-12-26-19/h2-7,12,17H,8-11,13-15H2,1H3,(H2,21,22,24). The van der Waals surface area contributed by atoms with Gasteiger partial charge in [-0.1, -0.05) is 12.1 Å². The molecule has 1 aromatic carbocycles. The minimum atomic E-state index is -0.112. The summed E-state index contributed by atoms with van der Waals surface area (Å²) in [6.45, 7) is 4.19. The van der Waals surface area contributed by atoms with Crippen molar-refractivity contribution in [2.45, 2.75) is 25.9 Å². The molecular weight excluding hydrogens is 330 g/mol. The second-order valence-electron chi connectivity index (χ2n) is 6.71. The van der Waals surface area contributed by atoms with Gasteiger partial charge in [-0.2, -0.15) is 0 Å². The summed E-state index contributed by atoms with van der Waals surface area (Å²) in [7, 11) is 1.64. The number of urea groups is 1. The van der Waals surface area contributed by atoms with Crippen LogP contribution in [0.5, 0.6) is 5.75 Å². The summed E-state index contributed by atoms with van der Waals surface area (Å²) in [6, 6.07) is 11.5. The minimum Gasteiger partial charge on any atom is -0.497 e. The third kappa shape index (κ3) is 5.52. The van der Waals surface area contributed by atoms with Crippen molar-refractivity contribution in [1.82, 2.24) is 15.5 Å². The first-order valence-electron chi connectivity index (χ1n) is 9.12. The number of nitrogens with one attached hydrogen (secondary N) is 2. The number of carbonyl (C=O) groups excluding carboxylic acids is 1. The molecule has 6 heteroatoms. The van der Waals surface area contributed by atoms with Gasteiger partial charge in [-0.15, -0.1) is 0 Å². The van der Waals surface area contributed by atoms with Crippen molar-refractivity contribution < 1.29 is 13.9 Å². The van der Waals surface area contributed by atoms with E-state index in [2.05, 4.69) is 15.5 Å². The number of furan rings is 1. The largest absolute Gasteiger partial charge is 0.497 e. The predicted octanol–water partition coefficient (Wildman–Crippen LogP) is 3.00. The molecule has 2 amide bonds. The van der Waals surface area contributed by atoms with E-state index in [1.165, 1.54) is 0 Å². The van der Waals surface area contributed by atoms with Crippen LogP contribution in [-0.4, -0.2) is 37.7 Å². The topological polar surface area (TPSA) is 66.7 Å². The van der Waals surface area contributed by atoms with Gasteiger partial charge in [-0.3, -0.25) is 4.90 Å². The summed E-state index contributed by atoms with van der Waals surface area (Å²) in [6.07, 6.45) is 3.91. The monoisotopic (exact) mass is 357 g/mol. The van der Waals surface area contributed by atoms with Gasteiger partial charge in [0.25, 0.3) is 0 Å². The molecule has 0 unspecified atom stereocenters. The van der Waals surface area contributed by atoms with Crippen LogP contribution in [-0.2, 0) is 13.1 Å². The highest BCUT2D eigenvalue weighted by atomic mass is 16.5. The van der Waals surface area contributed by atoms with Gasteiger partial charge in [0.1, 0.15) is 11.5 Å². The van der Waals surface area contributed by atoms with E-state index in [1.54, 1.807) is 13.4 Å². The average Bonchev–Trinajstić information content (AvgIpc) is 3.19. The lowest BCUT2D eigenvalue weighted by molar-refractivity contribution is 0.165. The van der Waals surface area contributed by atoms with E-state index in [4.69, 9.17) is 9.15 Å². The molecule has 26 heavy (non-hydrogen) atoms. The maximum absolute atomic E-state index is 12.0. The Morgan fingerprint density at radius 3 is 2.62 bits per heavy atom. The molecule has 6 nitrogen and oxygen atoms in total. The van der Waals surface area contributed by atoms with Gasteiger partial charge in [-0.25, -0.2) is 4.79 Å². The Labute approximate surface area is 154 Å². The number of hydrogen-bond donors (Lipinski definition) is 2. The van der Waals surface area contributed by atoms with E-state index in [9.17, 15) is 4.79 Å². The summed E-state index contributed by atoms with van der Waals surface area (Å²) in [4.78, 5) is 14.4. The van der Waals surface area contributed by atoms with Gasteiger partial charge in [0.15, 0.2) is 0 Å². The number of methoxy groups -OCH3 is 1. The Bertz CT molecular complexity index is 662. The van der Waals surface area contributed by atoms with Crippen LogP contribution in [0.2, 0.25) is 0 Å². The van der Waals surface area contributed by atoms with Crippen LogP contribution in [0, 0.1) is 5.92 Å². The average molecular weight is 357 g/mol. The van der Waals surface area contributed by atoms with Crippen LogP contribution in [0.3, 0.4) is 0 Å². The molecule has 2 aromatic rings. The number of carbonyl (C=O) groups is 1. The van der Waals surface area contributed by atoms with Gasteiger partial charge in [0, 0.05) is 13.1 Å². The number of rotatable bonds is 7. The molecule has 3 rings (SSSR count). The highest BCUT2D eigenvalue weighted by Gasteiger charge is 2.20. The number of likely N-dealkylation sites (tertiary alicyclic amines) is 1. The second-order valence-corrected chi connectivity index (χ2v) is 6.71. The van der Waals surface area contributed by atoms with Crippen molar-refractivity contribution in [3.05, 3.63) is 54.0 Å². The highest BCUT2D eigenvalue weighted by molar-refractivity contribution is 5.73. The van der Waals surface area contributed by atoms with E-state index >= 15 is 0 Å². The maximum Gasteiger partial charge on any atom is 0.315 e. The normalized spacial score (nSPS) is 15.6. The Hall–Kier alpha value is -2.47. The molecule has 0 aliphatic carbocycles.